The van der Waals surface area contributed by atoms with Crippen LogP contribution in [0.25, 0.3) is 10.9 Å². The Bertz CT molecular complexity index is 1850. The lowest BCUT2D eigenvalue weighted by Gasteiger charge is -2.27. The van der Waals surface area contributed by atoms with Crippen molar-refractivity contribution >= 4 is 34.3 Å². The number of aryl methyl sites for hydroxylation is 1. The summed E-state index contributed by atoms with van der Waals surface area (Å²) in [5.41, 5.74) is 4.15. The molecule has 0 saturated carbocycles. The van der Waals surface area contributed by atoms with Crippen molar-refractivity contribution in [3.8, 4) is 5.75 Å². The number of halogens is 2. The van der Waals surface area contributed by atoms with Crippen molar-refractivity contribution in [1.82, 2.24) is 15.2 Å². The second-order valence-corrected chi connectivity index (χ2v) is 11.4. The summed E-state index contributed by atoms with van der Waals surface area (Å²) in [4.78, 5) is 47.4. The largest absolute Gasteiger partial charge is 0.497 e. The zero-order chi connectivity index (χ0) is 33.5. The average molecular weight is 639 g/mol. The van der Waals surface area contributed by atoms with E-state index in [1.165, 1.54) is 16.9 Å². The highest BCUT2D eigenvalue weighted by Crippen LogP contribution is 2.24. The molecule has 1 aromatic heterocycles. The fourth-order valence-corrected chi connectivity index (χ4v) is 5.61. The molecule has 0 aliphatic heterocycles. The van der Waals surface area contributed by atoms with Crippen LogP contribution in [0.5, 0.6) is 5.75 Å². The third-order valence-electron chi connectivity index (χ3n) is 8.04. The van der Waals surface area contributed by atoms with Gasteiger partial charge in [0.15, 0.2) is 0 Å². The zero-order valence-corrected chi connectivity index (χ0v) is 26.4. The summed E-state index contributed by atoms with van der Waals surface area (Å²) in [6.45, 7) is 1.72. The molecule has 1 atom stereocenters. The summed E-state index contributed by atoms with van der Waals surface area (Å²) < 4.78 is 33.4. The van der Waals surface area contributed by atoms with Crippen LogP contribution in [-0.2, 0) is 33.8 Å². The van der Waals surface area contributed by atoms with E-state index in [0.717, 1.165) is 45.9 Å². The Morgan fingerprint density at radius 2 is 1.53 bits per heavy atom. The highest BCUT2D eigenvalue weighted by molar-refractivity contribution is 5.99. The summed E-state index contributed by atoms with van der Waals surface area (Å²) in [5, 5.41) is 3.68. The van der Waals surface area contributed by atoms with Gasteiger partial charge < -0.3 is 24.8 Å². The number of rotatable bonds is 12. The van der Waals surface area contributed by atoms with Crippen LogP contribution in [0, 0.1) is 18.6 Å². The van der Waals surface area contributed by atoms with Crippen LogP contribution in [-0.4, -0.2) is 54.3 Å². The third kappa shape index (κ3) is 8.21. The molecule has 0 spiro atoms. The molecule has 0 bridgehead atoms. The van der Waals surface area contributed by atoms with Gasteiger partial charge in [-0.2, -0.15) is 0 Å². The van der Waals surface area contributed by atoms with Crippen LogP contribution in [0.15, 0.2) is 97.1 Å². The van der Waals surface area contributed by atoms with Crippen molar-refractivity contribution in [1.29, 1.82) is 0 Å². The molecule has 2 N–H and O–H groups in total. The fraction of sp³-hybridized carbons (Fsp3) is 0.216. The number of methoxy groups -OCH3 is 1. The van der Waals surface area contributed by atoms with E-state index in [-0.39, 0.29) is 37.4 Å². The summed E-state index contributed by atoms with van der Waals surface area (Å²) >= 11 is 0. The minimum atomic E-state index is -1.19. The van der Waals surface area contributed by atoms with Gasteiger partial charge in [0.2, 0.25) is 17.7 Å². The average Bonchev–Trinajstić information content (AvgIpc) is 3.37. The van der Waals surface area contributed by atoms with Gasteiger partial charge in [-0.3, -0.25) is 14.4 Å². The number of aromatic nitrogens is 1. The molecule has 0 fully saturated rings. The molecule has 3 amide bonds. The van der Waals surface area contributed by atoms with Crippen LogP contribution in [0.3, 0.4) is 0 Å². The highest BCUT2D eigenvalue weighted by atomic mass is 19.1. The predicted molar refractivity (Wildman–Crippen MR) is 177 cm³/mol. The zero-order valence-electron chi connectivity index (χ0n) is 26.4. The van der Waals surface area contributed by atoms with E-state index in [2.05, 4.69) is 10.3 Å². The molecule has 47 heavy (non-hydrogen) atoms. The number of amides is 3. The number of carbonyl (C=O) groups excluding carboxylic acids is 3. The van der Waals surface area contributed by atoms with Crippen LogP contribution in [0.2, 0.25) is 0 Å². The van der Waals surface area contributed by atoms with E-state index < -0.39 is 29.5 Å². The molecule has 5 rings (SSSR count). The number of para-hydroxylation sites is 1. The molecule has 0 aliphatic rings. The molecule has 0 saturated heterocycles. The second kappa shape index (κ2) is 14.7. The minimum absolute atomic E-state index is 0.0566. The van der Waals surface area contributed by atoms with E-state index in [9.17, 15) is 23.2 Å². The number of ether oxygens (including phenoxy) is 1. The number of H-pyrrole nitrogens is 1. The van der Waals surface area contributed by atoms with E-state index in [0.29, 0.717) is 11.4 Å². The lowest BCUT2D eigenvalue weighted by Crippen LogP contribution is -2.51. The molecular weight excluding hydrogens is 602 g/mol. The van der Waals surface area contributed by atoms with Crippen molar-refractivity contribution in [2.24, 2.45) is 0 Å². The number of nitrogens with zero attached hydrogens (tertiary/aromatic N) is 2. The smallest absolute Gasteiger partial charge is 0.249 e. The number of carbonyl (C=O) groups is 3. The normalized spacial score (nSPS) is 11.6. The first kappa shape index (κ1) is 32.9. The number of nitrogens with one attached hydrogen (secondary N) is 2. The monoisotopic (exact) mass is 638 g/mol. The third-order valence-corrected chi connectivity index (χ3v) is 8.04. The van der Waals surface area contributed by atoms with Gasteiger partial charge in [0, 0.05) is 48.4 Å². The SMILES string of the molecule is COc1ccc(N(C)C(=O)C(Cc2cc(F)cc(F)c2)NC(=O)CN(Cc2ccccc2)C(=O)Cc2c(C)[nH]c3ccccc23)cc1. The number of fused-ring (bicyclic) bond motifs is 1. The van der Waals surface area contributed by atoms with Crippen molar-refractivity contribution < 1.29 is 27.9 Å². The van der Waals surface area contributed by atoms with Gasteiger partial charge in [0.1, 0.15) is 23.4 Å². The lowest BCUT2D eigenvalue weighted by atomic mass is 10.0. The molecule has 242 valence electrons. The Hall–Kier alpha value is -5.51. The topological polar surface area (TPSA) is 94.7 Å². The predicted octanol–water partition coefficient (Wildman–Crippen LogP) is 5.72. The summed E-state index contributed by atoms with van der Waals surface area (Å²) in [6, 6.07) is 25.5. The van der Waals surface area contributed by atoms with Crippen LogP contribution < -0.4 is 15.0 Å². The van der Waals surface area contributed by atoms with Crippen LogP contribution in [0.4, 0.5) is 14.5 Å². The Kier molecular flexibility index (Phi) is 10.3. The number of benzene rings is 4. The fourth-order valence-electron chi connectivity index (χ4n) is 5.61. The molecule has 10 heteroatoms. The molecule has 0 aliphatic carbocycles. The maximum absolute atomic E-state index is 14.1. The van der Waals surface area contributed by atoms with Gasteiger partial charge in [0.05, 0.1) is 20.1 Å². The van der Waals surface area contributed by atoms with Gasteiger partial charge >= 0.3 is 0 Å². The van der Waals surface area contributed by atoms with Gasteiger partial charge in [-0.1, -0.05) is 48.5 Å². The van der Waals surface area contributed by atoms with E-state index in [4.69, 9.17) is 4.74 Å². The van der Waals surface area contributed by atoms with E-state index in [1.54, 1.807) is 31.3 Å². The highest BCUT2D eigenvalue weighted by Gasteiger charge is 2.28. The van der Waals surface area contributed by atoms with Crippen molar-refractivity contribution in [3.63, 3.8) is 0 Å². The first-order valence-corrected chi connectivity index (χ1v) is 15.1. The summed E-state index contributed by atoms with van der Waals surface area (Å²) in [7, 11) is 3.07. The molecule has 4 aromatic carbocycles. The lowest BCUT2D eigenvalue weighted by molar-refractivity contribution is -0.136. The van der Waals surface area contributed by atoms with Gasteiger partial charge in [-0.25, -0.2) is 8.78 Å². The number of aromatic amines is 1. The molecule has 5 aromatic rings. The summed E-state index contributed by atoms with van der Waals surface area (Å²) in [5.74, 6) is -2.38. The van der Waals surface area contributed by atoms with Crippen molar-refractivity contribution in [2.75, 3.05) is 25.6 Å². The Morgan fingerprint density at radius 3 is 2.21 bits per heavy atom. The Morgan fingerprint density at radius 1 is 0.872 bits per heavy atom. The molecule has 8 nitrogen and oxygen atoms in total. The Labute approximate surface area is 272 Å². The molecule has 1 heterocycles. The minimum Gasteiger partial charge on any atom is -0.497 e. The van der Waals surface area contributed by atoms with Crippen LogP contribution >= 0.6 is 0 Å². The maximum Gasteiger partial charge on any atom is 0.249 e. The standard InChI is InChI=1S/C37H36F2N4O4/c1-24-32(31-11-7-8-12-33(31)40-24)21-36(45)43(22-25-9-5-4-6-10-25)23-35(44)41-34(19-26-17-27(38)20-28(39)18-26)37(46)42(2)29-13-15-30(47-3)16-14-29/h4-18,20,34,40H,19,21-23H2,1-3H3,(H,41,44). The number of anilines is 1. The maximum atomic E-state index is 14.1. The van der Waals surface area contributed by atoms with E-state index in [1.807, 2.05) is 61.5 Å². The molecule has 0 radical (unpaired) electrons. The Balaban J connectivity index is 1.39. The van der Waals surface area contributed by atoms with Gasteiger partial charge in [-0.05, 0) is 66.1 Å². The van der Waals surface area contributed by atoms with Crippen molar-refractivity contribution in [2.45, 2.75) is 32.4 Å². The van der Waals surface area contributed by atoms with Gasteiger partial charge in [-0.15, -0.1) is 0 Å². The van der Waals surface area contributed by atoms with E-state index >= 15 is 0 Å². The summed E-state index contributed by atoms with van der Waals surface area (Å²) in [6.07, 6.45) is -0.123. The first-order chi connectivity index (χ1) is 22.6. The number of likely N-dealkylation sites (N-methyl/N-ethyl adjacent to an activating group) is 1. The number of hydrogen-bond acceptors (Lipinski definition) is 4. The quantitative estimate of drug-likeness (QED) is 0.183. The van der Waals surface area contributed by atoms with Crippen molar-refractivity contribution in [3.05, 3.63) is 131 Å². The first-order valence-electron chi connectivity index (χ1n) is 15.1. The molecular formula is C37H36F2N4O4. The van der Waals surface area contributed by atoms with Gasteiger partial charge in [0.25, 0.3) is 0 Å². The number of hydrogen-bond donors (Lipinski definition) is 2. The van der Waals surface area contributed by atoms with Crippen LogP contribution in [0.1, 0.15) is 22.4 Å². The molecule has 1 unspecified atom stereocenters. The second-order valence-electron chi connectivity index (χ2n) is 11.4.